The normalized spacial score (nSPS) is 10.4. The molecule has 2 aromatic heterocycles. The van der Waals surface area contributed by atoms with Gasteiger partial charge in [-0.1, -0.05) is 6.07 Å². The monoisotopic (exact) mass is 189 g/mol. The first-order chi connectivity index (χ1) is 6.75. The van der Waals surface area contributed by atoms with Gasteiger partial charge in [-0.3, -0.25) is 4.98 Å². The fourth-order valence-electron chi connectivity index (χ4n) is 1.32. The van der Waals surface area contributed by atoms with Crippen LogP contribution in [-0.4, -0.2) is 19.6 Å². The molecule has 0 bridgehead atoms. The topological polar surface area (TPSA) is 50.9 Å². The van der Waals surface area contributed by atoms with Crippen molar-refractivity contribution in [3.05, 3.63) is 42.1 Å². The van der Waals surface area contributed by atoms with E-state index >= 15 is 0 Å². The maximum absolute atomic E-state index is 9.16. The molecular formula is C10H11N3O. The number of aryl methyl sites for hydroxylation is 1. The number of rotatable bonds is 2. The van der Waals surface area contributed by atoms with Crippen LogP contribution in [0.2, 0.25) is 0 Å². The van der Waals surface area contributed by atoms with Crippen molar-refractivity contribution in [1.29, 1.82) is 0 Å². The first-order valence-electron chi connectivity index (χ1n) is 4.37. The Balaban J connectivity index is 2.23. The molecule has 0 unspecified atom stereocenters. The summed E-state index contributed by atoms with van der Waals surface area (Å²) in [6.45, 7) is 0. The third-order valence-electron chi connectivity index (χ3n) is 2.03. The fourth-order valence-corrected chi connectivity index (χ4v) is 1.32. The first-order valence-corrected chi connectivity index (χ1v) is 4.37. The van der Waals surface area contributed by atoms with Gasteiger partial charge in [-0.2, -0.15) is 4.98 Å². The summed E-state index contributed by atoms with van der Waals surface area (Å²) >= 11 is 0. The lowest BCUT2D eigenvalue weighted by Gasteiger charge is -1.99. The minimum absolute atomic E-state index is 0.0541. The molecule has 4 heteroatoms. The first kappa shape index (κ1) is 8.74. The van der Waals surface area contributed by atoms with Crippen molar-refractivity contribution >= 4 is 0 Å². The third kappa shape index (κ3) is 1.74. The molecule has 0 fully saturated rings. The highest BCUT2D eigenvalue weighted by atomic mass is 16.3. The second kappa shape index (κ2) is 3.49. The van der Waals surface area contributed by atoms with E-state index in [2.05, 4.69) is 9.97 Å². The molecule has 2 heterocycles. The number of aromatic nitrogens is 3. The highest BCUT2D eigenvalue weighted by Crippen LogP contribution is 2.10. The number of pyridine rings is 1. The molecule has 0 radical (unpaired) electrons. The third-order valence-corrected chi connectivity index (χ3v) is 2.03. The summed E-state index contributed by atoms with van der Waals surface area (Å²) in [5.74, 6) is 0.861. The lowest BCUT2D eigenvalue weighted by molar-refractivity contribution is 0.455. The fraction of sp³-hybridized carbons (Fsp3) is 0.200. The van der Waals surface area contributed by atoms with Crippen molar-refractivity contribution in [1.82, 2.24) is 14.5 Å². The highest BCUT2D eigenvalue weighted by molar-refractivity contribution is 5.14. The van der Waals surface area contributed by atoms with Gasteiger partial charge in [-0.25, -0.2) is 0 Å². The maximum atomic E-state index is 9.16. The van der Waals surface area contributed by atoms with Crippen LogP contribution >= 0.6 is 0 Å². The van der Waals surface area contributed by atoms with E-state index in [0.29, 0.717) is 6.42 Å². The van der Waals surface area contributed by atoms with Crippen LogP contribution in [0.1, 0.15) is 11.5 Å². The molecule has 1 N–H and O–H groups in total. The largest absolute Gasteiger partial charge is 0.492 e. The Kier molecular flexibility index (Phi) is 2.18. The lowest BCUT2D eigenvalue weighted by atomic mass is 10.2. The quantitative estimate of drug-likeness (QED) is 0.770. The smallest absolute Gasteiger partial charge is 0.229 e. The number of imidazole rings is 1. The van der Waals surface area contributed by atoms with Gasteiger partial charge in [0.05, 0.1) is 6.20 Å². The summed E-state index contributed by atoms with van der Waals surface area (Å²) < 4.78 is 1.80. The van der Waals surface area contributed by atoms with Crippen LogP contribution < -0.4 is 0 Å². The van der Waals surface area contributed by atoms with Crippen LogP contribution in [0, 0.1) is 0 Å². The predicted molar refractivity (Wildman–Crippen MR) is 51.9 cm³/mol. The van der Waals surface area contributed by atoms with E-state index in [-0.39, 0.29) is 5.88 Å². The zero-order valence-corrected chi connectivity index (χ0v) is 7.88. The summed E-state index contributed by atoms with van der Waals surface area (Å²) in [4.78, 5) is 8.17. The molecule has 0 amide bonds. The predicted octanol–water partition coefficient (Wildman–Crippen LogP) is 1.11. The van der Waals surface area contributed by atoms with Gasteiger partial charge in [0, 0.05) is 25.4 Å². The summed E-state index contributed by atoms with van der Waals surface area (Å²) in [6, 6.07) is 5.75. The van der Waals surface area contributed by atoms with E-state index in [0.717, 1.165) is 11.5 Å². The molecule has 0 atom stereocenters. The average molecular weight is 189 g/mol. The van der Waals surface area contributed by atoms with Gasteiger partial charge in [0.1, 0.15) is 5.82 Å². The average Bonchev–Trinajstić information content (AvgIpc) is 2.47. The molecule has 2 rings (SSSR count). The van der Waals surface area contributed by atoms with Gasteiger partial charge in [-0.15, -0.1) is 0 Å². The number of aromatic hydroxyl groups is 1. The van der Waals surface area contributed by atoms with Crippen LogP contribution in [-0.2, 0) is 13.5 Å². The van der Waals surface area contributed by atoms with Crippen LogP contribution in [0.5, 0.6) is 5.88 Å². The highest BCUT2D eigenvalue weighted by Gasteiger charge is 2.04. The van der Waals surface area contributed by atoms with E-state index in [9.17, 15) is 0 Å². The standard InChI is InChI=1S/C10H11N3O/c1-13-7-10(14)12-9(13)6-8-4-2-3-5-11-8/h2-5,7,14H,6H2,1H3. The van der Waals surface area contributed by atoms with Crippen molar-refractivity contribution in [2.75, 3.05) is 0 Å². The van der Waals surface area contributed by atoms with Crippen LogP contribution in [0.15, 0.2) is 30.6 Å². The van der Waals surface area contributed by atoms with Gasteiger partial charge < -0.3 is 9.67 Å². The van der Waals surface area contributed by atoms with E-state index in [4.69, 9.17) is 5.11 Å². The molecular weight excluding hydrogens is 178 g/mol. The van der Waals surface area contributed by atoms with Gasteiger partial charge in [0.2, 0.25) is 5.88 Å². The Bertz CT molecular complexity index is 422. The zero-order valence-electron chi connectivity index (χ0n) is 7.88. The van der Waals surface area contributed by atoms with Gasteiger partial charge in [-0.05, 0) is 12.1 Å². The van der Waals surface area contributed by atoms with Gasteiger partial charge in [0.15, 0.2) is 0 Å². The maximum Gasteiger partial charge on any atom is 0.229 e. The minimum atomic E-state index is 0.0541. The number of hydrogen-bond donors (Lipinski definition) is 1. The zero-order chi connectivity index (χ0) is 9.97. The van der Waals surface area contributed by atoms with Crippen LogP contribution in [0.4, 0.5) is 0 Å². The van der Waals surface area contributed by atoms with E-state index < -0.39 is 0 Å². The van der Waals surface area contributed by atoms with Crippen LogP contribution in [0.3, 0.4) is 0 Å². The lowest BCUT2D eigenvalue weighted by Crippen LogP contribution is -1.99. The van der Waals surface area contributed by atoms with Crippen molar-refractivity contribution < 1.29 is 5.11 Å². The number of nitrogens with zero attached hydrogens (tertiary/aromatic N) is 3. The van der Waals surface area contributed by atoms with Crippen molar-refractivity contribution in [2.45, 2.75) is 6.42 Å². The second-order valence-corrected chi connectivity index (χ2v) is 3.12. The summed E-state index contributed by atoms with van der Waals surface area (Å²) in [5, 5.41) is 9.16. The summed E-state index contributed by atoms with van der Waals surface area (Å²) in [7, 11) is 1.85. The molecule has 0 aliphatic heterocycles. The molecule has 0 saturated carbocycles. The molecule has 0 aromatic carbocycles. The minimum Gasteiger partial charge on any atom is -0.492 e. The molecule has 0 spiro atoms. The Morgan fingerprint density at radius 1 is 1.43 bits per heavy atom. The van der Waals surface area contributed by atoms with Crippen molar-refractivity contribution in [2.24, 2.45) is 7.05 Å². The Hall–Kier alpha value is -1.84. The SMILES string of the molecule is Cn1cc(O)nc1Cc1ccccn1. The molecule has 0 aliphatic carbocycles. The van der Waals surface area contributed by atoms with E-state index in [1.54, 1.807) is 17.0 Å². The van der Waals surface area contributed by atoms with Gasteiger partial charge >= 0.3 is 0 Å². The Morgan fingerprint density at radius 3 is 2.86 bits per heavy atom. The van der Waals surface area contributed by atoms with E-state index in [1.807, 2.05) is 25.2 Å². The molecule has 2 aromatic rings. The van der Waals surface area contributed by atoms with E-state index in [1.165, 1.54) is 0 Å². The summed E-state index contributed by atoms with van der Waals surface area (Å²) in [5.41, 5.74) is 0.946. The Morgan fingerprint density at radius 2 is 2.29 bits per heavy atom. The molecule has 72 valence electrons. The number of hydrogen-bond acceptors (Lipinski definition) is 3. The summed E-state index contributed by atoms with van der Waals surface area (Å²) in [6.07, 6.45) is 3.97. The second-order valence-electron chi connectivity index (χ2n) is 3.12. The molecule has 14 heavy (non-hydrogen) atoms. The van der Waals surface area contributed by atoms with Crippen molar-refractivity contribution in [3.8, 4) is 5.88 Å². The Labute approximate surface area is 81.9 Å². The van der Waals surface area contributed by atoms with Crippen LogP contribution in [0.25, 0.3) is 0 Å². The molecule has 4 nitrogen and oxygen atoms in total. The van der Waals surface area contributed by atoms with Gasteiger partial charge in [0.25, 0.3) is 0 Å². The molecule has 0 saturated heterocycles. The van der Waals surface area contributed by atoms with Crippen molar-refractivity contribution in [3.63, 3.8) is 0 Å². The molecule has 0 aliphatic rings.